The first-order chi connectivity index (χ1) is 8.91. The van der Waals surface area contributed by atoms with E-state index in [-0.39, 0.29) is 0 Å². The summed E-state index contributed by atoms with van der Waals surface area (Å²) in [6.07, 6.45) is 4.21. The van der Waals surface area contributed by atoms with Gasteiger partial charge in [0, 0.05) is 19.3 Å². The molecule has 0 spiro atoms. The molecular formula is C16H29N3. The van der Waals surface area contributed by atoms with Crippen LogP contribution in [0.2, 0.25) is 0 Å². The maximum absolute atomic E-state index is 6.19. The third-order valence-electron chi connectivity index (χ3n) is 3.44. The number of rotatable bonds is 7. The quantitative estimate of drug-likeness (QED) is 0.812. The van der Waals surface area contributed by atoms with Gasteiger partial charge in [-0.3, -0.25) is 0 Å². The monoisotopic (exact) mass is 263 g/mol. The van der Waals surface area contributed by atoms with E-state index in [4.69, 9.17) is 5.73 Å². The molecule has 2 N–H and O–H groups in total. The second kappa shape index (κ2) is 7.37. The number of pyridine rings is 1. The van der Waals surface area contributed by atoms with Crippen LogP contribution in [0.25, 0.3) is 0 Å². The lowest BCUT2D eigenvalue weighted by molar-refractivity contribution is 0.533. The molecule has 0 fully saturated rings. The molecule has 0 aliphatic rings. The highest BCUT2D eigenvalue weighted by Crippen LogP contribution is 2.24. The summed E-state index contributed by atoms with van der Waals surface area (Å²) < 4.78 is 0. The van der Waals surface area contributed by atoms with Crippen molar-refractivity contribution in [1.29, 1.82) is 0 Å². The minimum Gasteiger partial charge on any atom is -0.396 e. The zero-order chi connectivity index (χ0) is 14.4. The van der Waals surface area contributed by atoms with Crippen LogP contribution in [-0.4, -0.2) is 18.1 Å². The summed E-state index contributed by atoms with van der Waals surface area (Å²) in [5.41, 5.74) is 8.14. The fourth-order valence-electron chi connectivity index (χ4n) is 1.96. The molecule has 0 unspecified atom stereocenters. The highest BCUT2D eigenvalue weighted by atomic mass is 15.2. The Balaban J connectivity index is 2.84. The van der Waals surface area contributed by atoms with E-state index in [9.17, 15) is 0 Å². The van der Waals surface area contributed by atoms with E-state index in [0.717, 1.165) is 30.2 Å². The summed E-state index contributed by atoms with van der Waals surface area (Å²) in [5.74, 6) is 2.36. The van der Waals surface area contributed by atoms with E-state index in [2.05, 4.69) is 37.6 Å². The van der Waals surface area contributed by atoms with Crippen LogP contribution >= 0.6 is 0 Å². The van der Waals surface area contributed by atoms with Gasteiger partial charge in [0.1, 0.15) is 0 Å². The predicted molar refractivity (Wildman–Crippen MR) is 84.5 cm³/mol. The summed E-state index contributed by atoms with van der Waals surface area (Å²) in [6, 6.07) is 1.97. The lowest BCUT2D eigenvalue weighted by atomic mass is 10.1. The minimum absolute atomic E-state index is 0.701. The van der Waals surface area contributed by atoms with E-state index in [0.29, 0.717) is 11.8 Å². The molecule has 0 aromatic carbocycles. The van der Waals surface area contributed by atoms with Crippen molar-refractivity contribution in [2.45, 2.75) is 47.5 Å². The number of aryl methyl sites for hydroxylation is 1. The maximum atomic E-state index is 6.19. The fourth-order valence-corrected chi connectivity index (χ4v) is 1.96. The molecule has 0 amide bonds. The number of anilines is 2. The first-order valence-corrected chi connectivity index (χ1v) is 7.37. The van der Waals surface area contributed by atoms with Crippen molar-refractivity contribution in [1.82, 2.24) is 4.98 Å². The number of hydrogen-bond donors (Lipinski definition) is 1. The van der Waals surface area contributed by atoms with Crippen molar-refractivity contribution in [3.8, 4) is 0 Å². The van der Waals surface area contributed by atoms with E-state index in [1.807, 2.05) is 19.2 Å². The molecule has 3 nitrogen and oxygen atoms in total. The van der Waals surface area contributed by atoms with Gasteiger partial charge in [0.15, 0.2) is 5.82 Å². The van der Waals surface area contributed by atoms with Crippen molar-refractivity contribution in [3.63, 3.8) is 0 Å². The van der Waals surface area contributed by atoms with Crippen molar-refractivity contribution < 1.29 is 0 Å². The maximum Gasteiger partial charge on any atom is 0.152 e. The summed E-state index contributed by atoms with van der Waals surface area (Å²) in [6.45, 7) is 13.1. The van der Waals surface area contributed by atoms with Gasteiger partial charge in [-0.15, -0.1) is 0 Å². The Labute approximate surface area is 118 Å². The van der Waals surface area contributed by atoms with E-state index >= 15 is 0 Å². The molecule has 0 bridgehead atoms. The minimum atomic E-state index is 0.701. The molecule has 108 valence electrons. The highest BCUT2D eigenvalue weighted by molar-refractivity contribution is 5.66. The molecule has 19 heavy (non-hydrogen) atoms. The number of hydrogen-bond acceptors (Lipinski definition) is 3. The van der Waals surface area contributed by atoms with Crippen LogP contribution in [0, 0.1) is 18.8 Å². The molecule has 1 aromatic heterocycles. The van der Waals surface area contributed by atoms with Gasteiger partial charge in [-0.1, -0.05) is 27.7 Å². The molecule has 1 aromatic rings. The number of nitrogens with zero attached hydrogens (tertiary/aromatic N) is 2. The Hall–Kier alpha value is -1.25. The number of nitrogens with two attached hydrogens (primary N) is 1. The van der Waals surface area contributed by atoms with Crippen molar-refractivity contribution in [2.75, 3.05) is 23.7 Å². The van der Waals surface area contributed by atoms with Gasteiger partial charge in [-0.05, 0) is 43.2 Å². The van der Waals surface area contributed by atoms with Gasteiger partial charge in [0.05, 0.1) is 5.69 Å². The number of aromatic nitrogens is 1. The Morgan fingerprint density at radius 2 is 1.63 bits per heavy atom. The van der Waals surface area contributed by atoms with Gasteiger partial charge >= 0.3 is 0 Å². The Kier molecular flexibility index (Phi) is 6.13. The molecule has 0 saturated carbocycles. The zero-order valence-corrected chi connectivity index (χ0v) is 13.1. The zero-order valence-electron chi connectivity index (χ0n) is 13.1. The van der Waals surface area contributed by atoms with Crippen LogP contribution < -0.4 is 10.6 Å². The van der Waals surface area contributed by atoms with Gasteiger partial charge < -0.3 is 10.6 Å². The first kappa shape index (κ1) is 15.8. The normalized spacial score (nSPS) is 11.3. The largest absolute Gasteiger partial charge is 0.396 e. The van der Waals surface area contributed by atoms with E-state index < -0.39 is 0 Å². The van der Waals surface area contributed by atoms with Gasteiger partial charge in [0.2, 0.25) is 0 Å². The molecule has 0 atom stereocenters. The topological polar surface area (TPSA) is 42.2 Å². The summed E-state index contributed by atoms with van der Waals surface area (Å²) >= 11 is 0. The third-order valence-corrected chi connectivity index (χ3v) is 3.44. The van der Waals surface area contributed by atoms with Crippen LogP contribution in [0.4, 0.5) is 11.5 Å². The Morgan fingerprint density at radius 1 is 1.11 bits per heavy atom. The number of nitrogen functional groups attached to an aromatic ring is 1. The third kappa shape index (κ3) is 5.09. The Bertz CT molecular complexity index is 374. The smallest absolute Gasteiger partial charge is 0.152 e. The molecule has 3 heteroatoms. The molecule has 0 aliphatic heterocycles. The summed E-state index contributed by atoms with van der Waals surface area (Å²) in [4.78, 5) is 6.85. The SMILES string of the molecule is Cc1ccnc(N(CCC(C)C)CCC(C)C)c1N. The molecule has 0 radical (unpaired) electrons. The van der Waals surface area contributed by atoms with Crippen molar-refractivity contribution in [3.05, 3.63) is 17.8 Å². The van der Waals surface area contributed by atoms with Crippen LogP contribution in [0.1, 0.15) is 46.1 Å². The van der Waals surface area contributed by atoms with Crippen LogP contribution in [0.15, 0.2) is 12.3 Å². The fraction of sp³-hybridized carbons (Fsp3) is 0.688. The average molecular weight is 263 g/mol. The van der Waals surface area contributed by atoms with E-state index in [1.165, 1.54) is 12.8 Å². The van der Waals surface area contributed by atoms with Crippen LogP contribution in [-0.2, 0) is 0 Å². The van der Waals surface area contributed by atoms with Crippen molar-refractivity contribution in [2.24, 2.45) is 11.8 Å². The second-order valence-corrected chi connectivity index (χ2v) is 6.22. The predicted octanol–water partition coefficient (Wildman–Crippen LogP) is 3.87. The molecule has 0 aliphatic carbocycles. The molecule has 1 rings (SSSR count). The Morgan fingerprint density at radius 3 is 2.11 bits per heavy atom. The first-order valence-electron chi connectivity index (χ1n) is 7.37. The lowest BCUT2D eigenvalue weighted by Gasteiger charge is -2.27. The average Bonchev–Trinajstić information content (AvgIpc) is 2.33. The molecule has 0 saturated heterocycles. The molecule has 1 heterocycles. The summed E-state index contributed by atoms with van der Waals surface area (Å²) in [5, 5.41) is 0. The van der Waals surface area contributed by atoms with Gasteiger partial charge in [-0.25, -0.2) is 4.98 Å². The van der Waals surface area contributed by atoms with Gasteiger partial charge in [-0.2, -0.15) is 0 Å². The van der Waals surface area contributed by atoms with E-state index in [1.54, 1.807) is 0 Å². The molecular weight excluding hydrogens is 234 g/mol. The van der Waals surface area contributed by atoms with Crippen LogP contribution in [0.3, 0.4) is 0 Å². The highest BCUT2D eigenvalue weighted by Gasteiger charge is 2.13. The van der Waals surface area contributed by atoms with Crippen molar-refractivity contribution >= 4 is 11.5 Å². The van der Waals surface area contributed by atoms with Crippen LogP contribution in [0.5, 0.6) is 0 Å². The summed E-state index contributed by atoms with van der Waals surface area (Å²) in [7, 11) is 0. The standard InChI is InChI=1S/C16H29N3/c1-12(2)7-10-19(11-8-13(3)4)16-15(17)14(5)6-9-18-16/h6,9,12-13H,7-8,10-11,17H2,1-5H3. The second-order valence-electron chi connectivity index (χ2n) is 6.22. The lowest BCUT2D eigenvalue weighted by Crippen LogP contribution is -2.29. The van der Waals surface area contributed by atoms with Gasteiger partial charge in [0.25, 0.3) is 0 Å².